The van der Waals surface area contributed by atoms with Gasteiger partial charge in [0.25, 0.3) is 10.1 Å². The molecular formula is C11H14O6S. The predicted octanol–water partition coefficient (Wildman–Crippen LogP) is 1.13. The van der Waals surface area contributed by atoms with Gasteiger partial charge in [0.2, 0.25) is 0 Å². The fourth-order valence-electron chi connectivity index (χ4n) is 1.29. The molecule has 0 fully saturated rings. The fraction of sp³-hybridized carbons (Fsp3) is 0.364. The van der Waals surface area contributed by atoms with Gasteiger partial charge < -0.3 is 9.47 Å². The molecule has 0 atom stereocenters. The number of para-hydroxylation sites is 1. The Morgan fingerprint density at radius 3 is 2.61 bits per heavy atom. The summed E-state index contributed by atoms with van der Waals surface area (Å²) < 4.78 is 39.4. The van der Waals surface area contributed by atoms with E-state index in [4.69, 9.17) is 9.29 Å². The normalized spacial score (nSPS) is 11.0. The van der Waals surface area contributed by atoms with Crippen LogP contribution < -0.4 is 4.74 Å². The summed E-state index contributed by atoms with van der Waals surface area (Å²) in [5.74, 6) is -0.590. The molecule has 0 aromatic heterocycles. The molecule has 0 saturated heterocycles. The minimum atomic E-state index is -3.98. The molecular weight excluding hydrogens is 260 g/mol. The van der Waals surface area contributed by atoms with Crippen molar-refractivity contribution in [1.82, 2.24) is 0 Å². The number of carbonyl (C=O) groups is 1. The van der Waals surface area contributed by atoms with Crippen LogP contribution in [0.5, 0.6) is 5.75 Å². The minimum absolute atomic E-state index is 0.0772. The largest absolute Gasteiger partial charge is 0.493 e. The molecule has 1 aromatic rings. The summed E-state index contributed by atoms with van der Waals surface area (Å²) in [5.41, 5.74) is 0.270. The lowest BCUT2D eigenvalue weighted by Gasteiger charge is -2.09. The lowest BCUT2D eigenvalue weighted by atomic mass is 10.2. The molecule has 0 bridgehead atoms. The van der Waals surface area contributed by atoms with Crippen molar-refractivity contribution in [2.75, 3.05) is 19.5 Å². The van der Waals surface area contributed by atoms with E-state index in [1.54, 1.807) is 24.3 Å². The van der Waals surface area contributed by atoms with Gasteiger partial charge in [-0.2, -0.15) is 8.42 Å². The Kier molecular flexibility index (Phi) is 5.11. The SMILES string of the molecule is COC(=O)c1ccccc1OCCCS(=O)(=O)O. The summed E-state index contributed by atoms with van der Waals surface area (Å²) in [4.78, 5) is 11.4. The zero-order valence-electron chi connectivity index (χ0n) is 9.83. The topological polar surface area (TPSA) is 89.9 Å². The minimum Gasteiger partial charge on any atom is -0.493 e. The molecule has 0 radical (unpaired) electrons. The molecule has 1 rings (SSSR count). The zero-order valence-corrected chi connectivity index (χ0v) is 10.6. The van der Waals surface area contributed by atoms with Crippen LogP contribution in [0.25, 0.3) is 0 Å². The van der Waals surface area contributed by atoms with Gasteiger partial charge in [0.15, 0.2) is 0 Å². The van der Waals surface area contributed by atoms with Crippen molar-refractivity contribution in [2.24, 2.45) is 0 Å². The highest BCUT2D eigenvalue weighted by atomic mass is 32.2. The maximum absolute atomic E-state index is 11.4. The zero-order chi connectivity index (χ0) is 13.6. The molecule has 100 valence electrons. The van der Waals surface area contributed by atoms with E-state index in [2.05, 4.69) is 4.74 Å². The van der Waals surface area contributed by atoms with Gasteiger partial charge in [-0.3, -0.25) is 4.55 Å². The Morgan fingerprint density at radius 2 is 2.00 bits per heavy atom. The van der Waals surface area contributed by atoms with Gasteiger partial charge in [0.1, 0.15) is 11.3 Å². The van der Waals surface area contributed by atoms with Crippen LogP contribution in [0.2, 0.25) is 0 Å². The number of benzene rings is 1. The predicted molar refractivity (Wildman–Crippen MR) is 64.3 cm³/mol. The smallest absolute Gasteiger partial charge is 0.341 e. The molecule has 1 N–H and O–H groups in total. The van der Waals surface area contributed by atoms with Gasteiger partial charge in [-0.15, -0.1) is 0 Å². The Hall–Kier alpha value is -1.60. The Morgan fingerprint density at radius 1 is 1.33 bits per heavy atom. The van der Waals surface area contributed by atoms with Crippen LogP contribution in [0, 0.1) is 0 Å². The molecule has 0 spiro atoms. The van der Waals surface area contributed by atoms with E-state index in [9.17, 15) is 13.2 Å². The number of rotatable bonds is 6. The number of hydrogen-bond acceptors (Lipinski definition) is 5. The van der Waals surface area contributed by atoms with Crippen molar-refractivity contribution in [2.45, 2.75) is 6.42 Å². The van der Waals surface area contributed by atoms with Crippen LogP contribution >= 0.6 is 0 Å². The van der Waals surface area contributed by atoms with E-state index in [0.29, 0.717) is 5.75 Å². The highest BCUT2D eigenvalue weighted by molar-refractivity contribution is 7.85. The Balaban J connectivity index is 2.60. The average Bonchev–Trinajstić information content (AvgIpc) is 2.33. The summed E-state index contributed by atoms with van der Waals surface area (Å²) in [5, 5.41) is 0. The van der Waals surface area contributed by atoms with Crippen LogP contribution in [-0.2, 0) is 14.9 Å². The average molecular weight is 274 g/mol. The molecule has 0 aliphatic heterocycles. The first kappa shape index (κ1) is 14.5. The van der Waals surface area contributed by atoms with Crippen LogP contribution in [0.3, 0.4) is 0 Å². The van der Waals surface area contributed by atoms with Gasteiger partial charge in [-0.1, -0.05) is 12.1 Å². The van der Waals surface area contributed by atoms with Crippen molar-refractivity contribution in [3.8, 4) is 5.75 Å². The summed E-state index contributed by atoms with van der Waals surface area (Å²) in [7, 11) is -2.72. The molecule has 6 nitrogen and oxygen atoms in total. The van der Waals surface area contributed by atoms with Crippen molar-refractivity contribution in [3.63, 3.8) is 0 Å². The van der Waals surface area contributed by atoms with Gasteiger partial charge in [-0.25, -0.2) is 4.79 Å². The molecule has 7 heteroatoms. The Bertz CT molecular complexity index is 508. The third-order valence-corrected chi connectivity index (χ3v) is 2.90. The first-order chi connectivity index (χ1) is 8.44. The van der Waals surface area contributed by atoms with E-state index < -0.39 is 16.1 Å². The third kappa shape index (κ3) is 4.72. The summed E-state index contributed by atoms with van der Waals surface area (Å²) >= 11 is 0. The van der Waals surface area contributed by atoms with E-state index in [0.717, 1.165) is 0 Å². The molecule has 0 unspecified atom stereocenters. The second-order valence-electron chi connectivity index (χ2n) is 3.48. The highest BCUT2D eigenvalue weighted by Crippen LogP contribution is 2.18. The summed E-state index contributed by atoms with van der Waals surface area (Å²) in [6.45, 7) is 0.0772. The van der Waals surface area contributed by atoms with E-state index >= 15 is 0 Å². The second-order valence-corrected chi connectivity index (χ2v) is 5.05. The van der Waals surface area contributed by atoms with Gasteiger partial charge in [0.05, 0.1) is 19.5 Å². The second kappa shape index (κ2) is 6.36. The summed E-state index contributed by atoms with van der Waals surface area (Å²) in [6.07, 6.45) is 0.133. The van der Waals surface area contributed by atoms with Crippen molar-refractivity contribution in [3.05, 3.63) is 29.8 Å². The van der Waals surface area contributed by atoms with E-state index in [-0.39, 0.29) is 24.3 Å². The maximum atomic E-state index is 11.4. The van der Waals surface area contributed by atoms with Crippen LogP contribution in [0.1, 0.15) is 16.8 Å². The number of carbonyl (C=O) groups excluding carboxylic acids is 1. The van der Waals surface area contributed by atoms with Crippen LogP contribution in [0.15, 0.2) is 24.3 Å². The molecule has 0 heterocycles. The standard InChI is InChI=1S/C11H14O6S/c1-16-11(12)9-5-2-3-6-10(9)17-7-4-8-18(13,14)15/h2-3,5-6H,4,7-8H2,1H3,(H,13,14,15). The van der Waals surface area contributed by atoms with Crippen molar-refractivity contribution < 1.29 is 27.2 Å². The van der Waals surface area contributed by atoms with Crippen LogP contribution in [-0.4, -0.2) is 38.4 Å². The monoisotopic (exact) mass is 274 g/mol. The number of methoxy groups -OCH3 is 1. The maximum Gasteiger partial charge on any atom is 0.341 e. The Labute approximate surface area is 105 Å². The molecule has 0 amide bonds. The summed E-state index contributed by atoms with van der Waals surface area (Å²) in [6, 6.07) is 6.48. The van der Waals surface area contributed by atoms with Gasteiger partial charge in [-0.05, 0) is 18.6 Å². The van der Waals surface area contributed by atoms with Crippen molar-refractivity contribution >= 4 is 16.1 Å². The van der Waals surface area contributed by atoms with Gasteiger partial charge in [0, 0.05) is 0 Å². The lowest BCUT2D eigenvalue weighted by molar-refractivity contribution is 0.0596. The fourth-order valence-corrected chi connectivity index (χ4v) is 1.78. The van der Waals surface area contributed by atoms with E-state index in [1.807, 2.05) is 0 Å². The molecule has 1 aromatic carbocycles. The van der Waals surface area contributed by atoms with Gasteiger partial charge >= 0.3 is 5.97 Å². The van der Waals surface area contributed by atoms with E-state index in [1.165, 1.54) is 7.11 Å². The first-order valence-electron chi connectivity index (χ1n) is 5.19. The molecule has 18 heavy (non-hydrogen) atoms. The molecule has 0 aliphatic rings. The number of ether oxygens (including phenoxy) is 2. The quantitative estimate of drug-likeness (QED) is 0.475. The third-order valence-electron chi connectivity index (χ3n) is 2.10. The molecule has 0 saturated carbocycles. The van der Waals surface area contributed by atoms with Crippen molar-refractivity contribution in [1.29, 1.82) is 0 Å². The van der Waals surface area contributed by atoms with Crippen LogP contribution in [0.4, 0.5) is 0 Å². The first-order valence-corrected chi connectivity index (χ1v) is 6.80. The number of esters is 1. The number of hydrogen-bond donors (Lipinski definition) is 1. The molecule has 0 aliphatic carbocycles. The highest BCUT2D eigenvalue weighted by Gasteiger charge is 2.12. The lowest BCUT2D eigenvalue weighted by Crippen LogP contribution is -2.10.